The van der Waals surface area contributed by atoms with Crippen LogP contribution in [0.25, 0.3) is 0 Å². The summed E-state index contributed by atoms with van der Waals surface area (Å²) in [6.07, 6.45) is -0.757. The van der Waals surface area contributed by atoms with E-state index in [0.717, 1.165) is 6.07 Å². The second-order valence-corrected chi connectivity index (χ2v) is 7.16. The maximum atomic E-state index is 13.7. The molecule has 2 aromatic carbocycles. The van der Waals surface area contributed by atoms with Crippen molar-refractivity contribution in [3.05, 3.63) is 59.4 Å². The Balaban J connectivity index is 1.98. The summed E-state index contributed by atoms with van der Waals surface area (Å²) < 4.78 is 45.1. The van der Waals surface area contributed by atoms with Crippen LogP contribution in [0.1, 0.15) is 31.1 Å². The Labute approximate surface area is 170 Å². The van der Waals surface area contributed by atoms with Gasteiger partial charge in [0.05, 0.1) is 5.56 Å². The summed E-state index contributed by atoms with van der Waals surface area (Å²) in [5.74, 6) is -6.32. The molecule has 0 atom stereocenters. The molecule has 3 amide bonds. The van der Waals surface area contributed by atoms with Gasteiger partial charge in [0, 0.05) is 11.4 Å². The fourth-order valence-electron chi connectivity index (χ4n) is 2.25. The number of rotatable bonds is 5. The topological polar surface area (TPSA) is 96.5 Å². The van der Waals surface area contributed by atoms with Gasteiger partial charge in [0.15, 0.2) is 17.5 Å². The van der Waals surface area contributed by atoms with Crippen LogP contribution in [0.2, 0.25) is 0 Å². The lowest BCUT2D eigenvalue weighted by molar-refractivity contribution is -0.115. The van der Waals surface area contributed by atoms with E-state index in [4.69, 9.17) is 4.74 Å². The van der Waals surface area contributed by atoms with Crippen molar-refractivity contribution in [3.63, 3.8) is 0 Å². The molecule has 0 radical (unpaired) electrons. The Kier molecular flexibility index (Phi) is 7.04. The highest BCUT2D eigenvalue weighted by molar-refractivity contribution is 6.05. The van der Waals surface area contributed by atoms with Gasteiger partial charge in [-0.2, -0.15) is 0 Å². The first-order valence-corrected chi connectivity index (χ1v) is 8.78. The van der Waals surface area contributed by atoms with E-state index in [1.54, 1.807) is 20.8 Å². The molecule has 0 bridgehead atoms. The van der Waals surface area contributed by atoms with E-state index >= 15 is 0 Å². The summed E-state index contributed by atoms with van der Waals surface area (Å²) in [6.45, 7) is 4.68. The molecule has 2 rings (SSSR count). The molecule has 30 heavy (non-hydrogen) atoms. The van der Waals surface area contributed by atoms with Gasteiger partial charge in [-0.3, -0.25) is 9.59 Å². The van der Waals surface area contributed by atoms with Crippen LogP contribution in [0.4, 0.5) is 29.3 Å². The molecule has 0 aliphatic heterocycles. The van der Waals surface area contributed by atoms with Crippen molar-refractivity contribution in [1.29, 1.82) is 0 Å². The van der Waals surface area contributed by atoms with Crippen LogP contribution in [-0.2, 0) is 9.53 Å². The summed E-state index contributed by atoms with van der Waals surface area (Å²) in [5.41, 5.74) is -0.943. The number of nitrogens with one attached hydrogen (secondary N) is 3. The minimum absolute atomic E-state index is 0.169. The number of carbonyl (C=O) groups is 3. The normalized spacial score (nSPS) is 10.9. The number of carbonyl (C=O) groups excluding carboxylic acids is 3. The monoisotopic (exact) mass is 423 g/mol. The molecule has 10 heteroatoms. The number of hydrogen-bond acceptors (Lipinski definition) is 4. The Morgan fingerprint density at radius 2 is 1.57 bits per heavy atom. The highest BCUT2D eigenvalue weighted by atomic mass is 19.2. The third-order valence-electron chi connectivity index (χ3n) is 3.48. The minimum atomic E-state index is -1.75. The van der Waals surface area contributed by atoms with Gasteiger partial charge in [0.25, 0.3) is 5.91 Å². The molecule has 0 aromatic heterocycles. The quantitative estimate of drug-likeness (QED) is 0.637. The number of benzene rings is 2. The van der Waals surface area contributed by atoms with Crippen LogP contribution in [0.15, 0.2) is 36.4 Å². The molecule has 160 valence electrons. The third-order valence-corrected chi connectivity index (χ3v) is 3.48. The molecule has 0 saturated carbocycles. The van der Waals surface area contributed by atoms with Gasteiger partial charge in [-0.05, 0) is 51.1 Å². The Hall–Kier alpha value is -3.56. The smallest absolute Gasteiger partial charge is 0.408 e. The molecule has 0 aliphatic rings. The van der Waals surface area contributed by atoms with Crippen molar-refractivity contribution < 1.29 is 32.3 Å². The highest BCUT2D eigenvalue weighted by Gasteiger charge is 2.19. The maximum absolute atomic E-state index is 13.7. The molecule has 0 spiro atoms. The maximum Gasteiger partial charge on any atom is 0.408 e. The van der Waals surface area contributed by atoms with Crippen LogP contribution in [0, 0.1) is 17.5 Å². The second-order valence-electron chi connectivity index (χ2n) is 7.16. The van der Waals surface area contributed by atoms with E-state index in [2.05, 4.69) is 16.0 Å². The molecule has 0 aliphatic carbocycles. The molecular weight excluding hydrogens is 403 g/mol. The van der Waals surface area contributed by atoms with Crippen LogP contribution in [-0.4, -0.2) is 30.1 Å². The zero-order valence-corrected chi connectivity index (χ0v) is 16.4. The number of halogens is 3. The van der Waals surface area contributed by atoms with E-state index in [9.17, 15) is 27.6 Å². The lowest BCUT2D eigenvalue weighted by atomic mass is 10.1. The molecule has 7 nitrogen and oxygen atoms in total. The molecule has 0 fully saturated rings. The van der Waals surface area contributed by atoms with Gasteiger partial charge in [-0.1, -0.05) is 6.07 Å². The van der Waals surface area contributed by atoms with Gasteiger partial charge >= 0.3 is 6.09 Å². The highest BCUT2D eigenvalue weighted by Crippen LogP contribution is 2.19. The van der Waals surface area contributed by atoms with Gasteiger partial charge in [0.2, 0.25) is 5.91 Å². The summed E-state index contributed by atoms with van der Waals surface area (Å²) in [7, 11) is 0. The first-order valence-electron chi connectivity index (χ1n) is 8.78. The van der Waals surface area contributed by atoms with Crippen molar-refractivity contribution in [2.75, 3.05) is 17.2 Å². The average molecular weight is 423 g/mol. The first-order chi connectivity index (χ1) is 14.0. The second kappa shape index (κ2) is 9.29. The fraction of sp³-hybridized carbons (Fsp3) is 0.250. The standard InChI is InChI=1S/C20H20F3N3O4/c1-20(2,3)30-19(29)24-10-15(27)25-11-5-4-6-12(9-11)26-18(28)13-7-8-14(21)17(23)16(13)22/h4-9H,10H2,1-3H3,(H,24,29)(H,25,27)(H,26,28). The first kappa shape index (κ1) is 22.7. The number of anilines is 2. The largest absolute Gasteiger partial charge is 0.444 e. The minimum Gasteiger partial charge on any atom is -0.444 e. The van der Waals surface area contributed by atoms with Gasteiger partial charge in [-0.15, -0.1) is 0 Å². The van der Waals surface area contributed by atoms with E-state index in [1.807, 2.05) is 0 Å². The van der Waals surface area contributed by atoms with Crippen molar-refractivity contribution in [3.8, 4) is 0 Å². The average Bonchev–Trinajstić information content (AvgIpc) is 2.63. The zero-order chi connectivity index (χ0) is 22.5. The molecule has 0 heterocycles. The summed E-state index contributed by atoms with van der Waals surface area (Å²) in [5, 5.41) is 7.12. The molecule has 2 aromatic rings. The zero-order valence-electron chi connectivity index (χ0n) is 16.4. The Bertz CT molecular complexity index is 974. The van der Waals surface area contributed by atoms with Gasteiger partial charge < -0.3 is 20.7 Å². The lowest BCUT2D eigenvalue weighted by Gasteiger charge is -2.19. The number of amides is 3. The predicted molar refractivity (Wildman–Crippen MR) is 104 cm³/mol. The predicted octanol–water partition coefficient (Wildman–Crippen LogP) is 3.82. The number of ether oxygens (including phenoxy) is 1. The van der Waals surface area contributed by atoms with Crippen molar-refractivity contribution in [1.82, 2.24) is 5.32 Å². The van der Waals surface area contributed by atoms with Crippen LogP contribution in [0.5, 0.6) is 0 Å². The van der Waals surface area contributed by atoms with Crippen molar-refractivity contribution in [2.45, 2.75) is 26.4 Å². The van der Waals surface area contributed by atoms with Crippen molar-refractivity contribution >= 4 is 29.3 Å². The Morgan fingerprint density at radius 1 is 0.933 bits per heavy atom. The summed E-state index contributed by atoms with van der Waals surface area (Å²) in [6, 6.07) is 7.28. The molecular formula is C20H20F3N3O4. The molecule has 3 N–H and O–H groups in total. The van der Waals surface area contributed by atoms with E-state index < -0.39 is 46.5 Å². The van der Waals surface area contributed by atoms with Crippen LogP contribution in [0.3, 0.4) is 0 Å². The number of alkyl carbamates (subject to hydrolysis) is 1. The summed E-state index contributed by atoms with van der Waals surface area (Å²) in [4.78, 5) is 35.6. The van der Waals surface area contributed by atoms with Crippen LogP contribution < -0.4 is 16.0 Å². The fourth-order valence-corrected chi connectivity index (χ4v) is 2.25. The van der Waals surface area contributed by atoms with Gasteiger partial charge in [-0.25, -0.2) is 18.0 Å². The third kappa shape index (κ3) is 6.50. The van der Waals surface area contributed by atoms with Crippen LogP contribution >= 0.6 is 0 Å². The summed E-state index contributed by atoms with van der Waals surface area (Å²) >= 11 is 0. The van der Waals surface area contributed by atoms with Gasteiger partial charge in [0.1, 0.15) is 12.1 Å². The molecule has 0 unspecified atom stereocenters. The lowest BCUT2D eigenvalue weighted by Crippen LogP contribution is -2.37. The van der Waals surface area contributed by atoms with E-state index in [-0.39, 0.29) is 17.9 Å². The number of hydrogen-bond donors (Lipinski definition) is 3. The Morgan fingerprint density at radius 3 is 2.20 bits per heavy atom. The molecule has 0 saturated heterocycles. The van der Waals surface area contributed by atoms with E-state index in [0.29, 0.717) is 6.07 Å². The van der Waals surface area contributed by atoms with E-state index in [1.165, 1.54) is 24.3 Å². The SMILES string of the molecule is CC(C)(C)OC(=O)NCC(=O)Nc1cccc(NC(=O)c2ccc(F)c(F)c2F)c1. The van der Waals surface area contributed by atoms with Crippen molar-refractivity contribution in [2.24, 2.45) is 0 Å².